The van der Waals surface area contributed by atoms with Crippen molar-refractivity contribution in [3.8, 4) is 0 Å². The zero-order chi connectivity index (χ0) is 15.8. The fraction of sp³-hybridized carbons (Fsp3) is 0.250. The van der Waals surface area contributed by atoms with Crippen LogP contribution in [0.15, 0.2) is 29.6 Å². The number of rotatable bonds is 4. The molecule has 1 aromatic carbocycles. The standard InChI is InChI=1S/C12H12Cl3N3O2S/c1-17-7-16-12(11(17)15)21(19,20)18(2)6-8-4-3-5-9(13)10(8)14/h3-5,7H,6H2,1-2H3. The van der Waals surface area contributed by atoms with Gasteiger partial charge in [-0.1, -0.05) is 46.9 Å². The molecule has 0 aliphatic heterocycles. The first-order valence-electron chi connectivity index (χ1n) is 5.81. The van der Waals surface area contributed by atoms with E-state index < -0.39 is 10.0 Å². The van der Waals surface area contributed by atoms with E-state index in [1.807, 2.05) is 0 Å². The average Bonchev–Trinajstić information content (AvgIpc) is 2.76. The molecular formula is C12H12Cl3N3O2S. The average molecular weight is 369 g/mol. The summed E-state index contributed by atoms with van der Waals surface area (Å²) in [5.41, 5.74) is 0.599. The monoisotopic (exact) mass is 367 g/mol. The molecule has 21 heavy (non-hydrogen) atoms. The van der Waals surface area contributed by atoms with Crippen LogP contribution < -0.4 is 0 Å². The van der Waals surface area contributed by atoms with Crippen molar-refractivity contribution in [2.24, 2.45) is 7.05 Å². The molecule has 0 fully saturated rings. The van der Waals surface area contributed by atoms with Crippen molar-refractivity contribution < 1.29 is 8.42 Å². The van der Waals surface area contributed by atoms with Crippen LogP contribution in [0.3, 0.4) is 0 Å². The summed E-state index contributed by atoms with van der Waals surface area (Å²) in [5.74, 6) is 0. The smallest absolute Gasteiger partial charge is 0.263 e. The van der Waals surface area contributed by atoms with E-state index in [2.05, 4.69) is 4.98 Å². The fourth-order valence-electron chi connectivity index (χ4n) is 1.71. The van der Waals surface area contributed by atoms with Crippen LogP contribution in [0.4, 0.5) is 0 Å². The lowest BCUT2D eigenvalue weighted by Crippen LogP contribution is -2.27. The second kappa shape index (κ2) is 6.14. The van der Waals surface area contributed by atoms with Crippen molar-refractivity contribution in [3.63, 3.8) is 0 Å². The third kappa shape index (κ3) is 3.19. The first-order chi connectivity index (χ1) is 9.75. The van der Waals surface area contributed by atoms with Crippen LogP contribution in [0.5, 0.6) is 0 Å². The number of halogens is 3. The summed E-state index contributed by atoms with van der Waals surface area (Å²) in [5, 5.41) is 0.565. The van der Waals surface area contributed by atoms with E-state index in [1.165, 1.54) is 17.9 Å². The Labute approximate surface area is 138 Å². The quantitative estimate of drug-likeness (QED) is 0.832. The highest BCUT2D eigenvalue weighted by atomic mass is 35.5. The minimum Gasteiger partial charge on any atom is -0.324 e. The lowest BCUT2D eigenvalue weighted by Gasteiger charge is -2.17. The lowest BCUT2D eigenvalue weighted by molar-refractivity contribution is 0.464. The van der Waals surface area contributed by atoms with Crippen LogP contribution in [0.25, 0.3) is 0 Å². The van der Waals surface area contributed by atoms with E-state index in [1.54, 1.807) is 25.2 Å². The molecule has 9 heteroatoms. The Balaban J connectivity index is 2.33. The van der Waals surface area contributed by atoms with Crippen LogP contribution in [-0.4, -0.2) is 29.3 Å². The second-order valence-corrected chi connectivity index (χ2v) is 7.53. The zero-order valence-electron chi connectivity index (χ0n) is 11.2. The van der Waals surface area contributed by atoms with Gasteiger partial charge in [0, 0.05) is 20.6 Å². The number of aromatic nitrogens is 2. The van der Waals surface area contributed by atoms with Gasteiger partial charge in [-0.25, -0.2) is 13.4 Å². The molecule has 0 aliphatic carbocycles. The van der Waals surface area contributed by atoms with Crippen molar-refractivity contribution in [2.45, 2.75) is 11.6 Å². The first-order valence-corrected chi connectivity index (χ1v) is 8.38. The van der Waals surface area contributed by atoms with Gasteiger partial charge in [0.2, 0.25) is 5.03 Å². The molecule has 0 amide bonds. The number of hydrogen-bond acceptors (Lipinski definition) is 3. The normalized spacial score (nSPS) is 12.1. The van der Waals surface area contributed by atoms with Gasteiger partial charge in [-0.05, 0) is 11.6 Å². The van der Waals surface area contributed by atoms with Crippen molar-refractivity contribution in [1.29, 1.82) is 0 Å². The highest BCUT2D eigenvalue weighted by Crippen LogP contribution is 2.28. The van der Waals surface area contributed by atoms with Crippen LogP contribution in [0, 0.1) is 0 Å². The Morgan fingerprint density at radius 3 is 2.52 bits per heavy atom. The molecule has 0 saturated heterocycles. The van der Waals surface area contributed by atoms with E-state index in [0.717, 1.165) is 4.31 Å². The van der Waals surface area contributed by atoms with Crippen molar-refractivity contribution in [1.82, 2.24) is 13.9 Å². The molecule has 0 bridgehead atoms. The number of aryl methyl sites for hydroxylation is 1. The Bertz CT molecular complexity index is 774. The molecular weight excluding hydrogens is 357 g/mol. The van der Waals surface area contributed by atoms with Gasteiger partial charge < -0.3 is 4.57 Å². The minimum atomic E-state index is -3.81. The molecule has 2 aromatic rings. The lowest BCUT2D eigenvalue weighted by atomic mass is 10.2. The maximum Gasteiger partial charge on any atom is 0.263 e. The van der Waals surface area contributed by atoms with E-state index in [4.69, 9.17) is 34.8 Å². The third-order valence-electron chi connectivity index (χ3n) is 2.91. The molecule has 5 nitrogen and oxygen atoms in total. The van der Waals surface area contributed by atoms with E-state index in [0.29, 0.717) is 15.6 Å². The van der Waals surface area contributed by atoms with Gasteiger partial charge >= 0.3 is 0 Å². The van der Waals surface area contributed by atoms with Crippen LogP contribution in [0.2, 0.25) is 15.2 Å². The molecule has 0 spiro atoms. The van der Waals surface area contributed by atoms with Crippen LogP contribution in [0.1, 0.15) is 5.56 Å². The van der Waals surface area contributed by atoms with Crippen molar-refractivity contribution >= 4 is 44.8 Å². The third-order valence-corrected chi connectivity index (χ3v) is 6.07. The maximum absolute atomic E-state index is 12.5. The number of benzene rings is 1. The van der Waals surface area contributed by atoms with Gasteiger partial charge in [0.15, 0.2) is 0 Å². The molecule has 1 heterocycles. The SMILES string of the molecule is CN(Cc1cccc(Cl)c1Cl)S(=O)(=O)c1ncn(C)c1Cl. The molecule has 0 aliphatic rings. The first kappa shape index (κ1) is 16.6. The Morgan fingerprint density at radius 1 is 1.29 bits per heavy atom. The molecule has 2 rings (SSSR count). The van der Waals surface area contributed by atoms with Gasteiger partial charge in [0.05, 0.1) is 16.4 Å². The molecule has 1 aromatic heterocycles. The van der Waals surface area contributed by atoms with Crippen molar-refractivity contribution in [2.75, 3.05) is 7.05 Å². The maximum atomic E-state index is 12.5. The van der Waals surface area contributed by atoms with Crippen LogP contribution >= 0.6 is 34.8 Å². The van der Waals surface area contributed by atoms with Gasteiger partial charge in [0.25, 0.3) is 10.0 Å². The van der Waals surface area contributed by atoms with E-state index in [9.17, 15) is 8.42 Å². The number of nitrogens with zero attached hydrogens (tertiary/aromatic N) is 3. The molecule has 0 saturated carbocycles. The van der Waals surface area contributed by atoms with Gasteiger partial charge in [0.1, 0.15) is 5.15 Å². The summed E-state index contributed by atoms with van der Waals surface area (Å²) in [6.45, 7) is 0.0641. The molecule has 0 atom stereocenters. The van der Waals surface area contributed by atoms with E-state index >= 15 is 0 Å². The summed E-state index contributed by atoms with van der Waals surface area (Å²) < 4.78 is 27.5. The second-order valence-electron chi connectivity index (χ2n) is 4.43. The largest absolute Gasteiger partial charge is 0.324 e. The topological polar surface area (TPSA) is 55.2 Å². The Hall–Kier alpha value is -0.790. The Morgan fingerprint density at radius 2 is 1.95 bits per heavy atom. The minimum absolute atomic E-state index is 0.0547. The summed E-state index contributed by atoms with van der Waals surface area (Å²) in [6.07, 6.45) is 1.34. The summed E-state index contributed by atoms with van der Waals surface area (Å²) in [4.78, 5) is 3.83. The Kier molecular flexibility index (Phi) is 4.85. The van der Waals surface area contributed by atoms with Gasteiger partial charge in [-0.2, -0.15) is 4.31 Å². The summed E-state index contributed by atoms with van der Waals surface area (Å²) >= 11 is 17.9. The van der Waals surface area contributed by atoms with Crippen molar-refractivity contribution in [3.05, 3.63) is 45.3 Å². The van der Waals surface area contributed by atoms with Gasteiger partial charge in [-0.3, -0.25) is 0 Å². The molecule has 0 N–H and O–H groups in total. The summed E-state index contributed by atoms with van der Waals surface area (Å²) in [7, 11) is -0.767. The number of sulfonamides is 1. The van der Waals surface area contributed by atoms with Gasteiger partial charge in [-0.15, -0.1) is 0 Å². The molecule has 114 valence electrons. The molecule has 0 unspecified atom stereocenters. The fourth-order valence-corrected chi connectivity index (χ4v) is 3.62. The zero-order valence-corrected chi connectivity index (χ0v) is 14.3. The predicted octanol–water partition coefficient (Wildman–Crippen LogP) is 3.20. The highest BCUT2D eigenvalue weighted by Gasteiger charge is 2.27. The highest BCUT2D eigenvalue weighted by molar-refractivity contribution is 7.89. The summed E-state index contributed by atoms with van der Waals surface area (Å²) in [6, 6.07) is 5.05. The number of imidazole rings is 1. The van der Waals surface area contributed by atoms with E-state index in [-0.39, 0.29) is 16.7 Å². The number of hydrogen-bond donors (Lipinski definition) is 0. The molecule has 0 radical (unpaired) electrons. The predicted molar refractivity (Wildman–Crippen MR) is 83.3 cm³/mol. The van der Waals surface area contributed by atoms with Crippen LogP contribution in [-0.2, 0) is 23.6 Å².